The van der Waals surface area contributed by atoms with Gasteiger partial charge in [-0.05, 0) is 58.8 Å². The van der Waals surface area contributed by atoms with Gasteiger partial charge in [-0.3, -0.25) is 0 Å². The molecule has 1 saturated heterocycles. The van der Waals surface area contributed by atoms with Gasteiger partial charge in [0.2, 0.25) is 0 Å². The van der Waals surface area contributed by atoms with E-state index >= 15 is 0 Å². The predicted molar refractivity (Wildman–Crippen MR) is 82.8 cm³/mol. The summed E-state index contributed by atoms with van der Waals surface area (Å²) in [4.78, 5) is 13.6. The predicted octanol–water partition coefficient (Wildman–Crippen LogP) is 3.82. The molecule has 0 aromatic carbocycles. The molecule has 1 N–H and O–H groups in total. The number of aliphatic hydroxyl groups is 1. The first kappa shape index (κ1) is 19.2. The molecular weight excluding hydrogens is 254 g/mol. The van der Waals surface area contributed by atoms with Crippen LogP contribution < -0.4 is 0 Å². The van der Waals surface area contributed by atoms with Gasteiger partial charge in [0.25, 0.3) is 0 Å². The summed E-state index contributed by atoms with van der Waals surface area (Å²) < 4.78 is 5.35. The zero-order valence-electron chi connectivity index (χ0n) is 14.2. The third-order valence-corrected chi connectivity index (χ3v) is 3.43. The van der Waals surface area contributed by atoms with Gasteiger partial charge in [-0.2, -0.15) is 0 Å². The molecule has 1 aliphatic heterocycles. The van der Waals surface area contributed by atoms with Crippen LogP contribution in [0.1, 0.15) is 67.2 Å². The fraction of sp³-hybridized carbons (Fsp3) is 0.938. The molecule has 1 heterocycles. The molecule has 0 atom stereocenters. The van der Waals surface area contributed by atoms with Crippen molar-refractivity contribution < 1.29 is 14.6 Å². The van der Waals surface area contributed by atoms with E-state index in [2.05, 4.69) is 0 Å². The van der Waals surface area contributed by atoms with Gasteiger partial charge < -0.3 is 14.7 Å². The first-order valence-corrected chi connectivity index (χ1v) is 7.91. The molecule has 0 radical (unpaired) electrons. The number of amides is 1. The smallest absolute Gasteiger partial charge is 0.410 e. The number of carbonyl (C=O) groups is 1. The lowest BCUT2D eigenvalue weighted by atomic mass is 9.94. The molecule has 1 aliphatic carbocycles. The van der Waals surface area contributed by atoms with E-state index in [1.54, 1.807) is 6.92 Å². The summed E-state index contributed by atoms with van der Waals surface area (Å²) in [6.07, 6.45) is 4.95. The van der Waals surface area contributed by atoms with Crippen LogP contribution in [0.5, 0.6) is 0 Å². The molecule has 1 amide bonds. The van der Waals surface area contributed by atoms with Crippen LogP contribution in [-0.4, -0.2) is 41.4 Å². The molecule has 0 aromatic rings. The molecule has 2 aliphatic rings. The number of hydrogen-bond donors (Lipinski definition) is 1. The van der Waals surface area contributed by atoms with E-state index in [-0.39, 0.29) is 18.3 Å². The molecule has 0 aromatic heterocycles. The number of aliphatic hydroxyl groups excluding tert-OH is 1. The molecule has 4 nitrogen and oxygen atoms in total. The van der Waals surface area contributed by atoms with Crippen LogP contribution in [0.15, 0.2) is 0 Å². The maximum atomic E-state index is 11.7. The van der Waals surface area contributed by atoms with Crippen molar-refractivity contribution in [3.8, 4) is 0 Å². The Hall–Kier alpha value is -0.770. The normalized spacial score (nSPS) is 19.2. The minimum absolute atomic E-state index is 0.141. The van der Waals surface area contributed by atoms with Crippen molar-refractivity contribution in [2.75, 3.05) is 19.7 Å². The molecule has 1 saturated carbocycles. The Bertz CT molecular complexity index is 270. The molecule has 0 bridgehead atoms. The van der Waals surface area contributed by atoms with E-state index in [9.17, 15) is 4.79 Å². The lowest BCUT2D eigenvalue weighted by molar-refractivity contribution is 0.0173. The molecule has 1 spiro atoms. The third-order valence-electron chi connectivity index (χ3n) is 3.43. The summed E-state index contributed by atoms with van der Waals surface area (Å²) in [5.41, 5.74) is 0.254. The summed E-state index contributed by atoms with van der Waals surface area (Å²) in [5.74, 6) is 0. The van der Waals surface area contributed by atoms with Crippen LogP contribution in [0.25, 0.3) is 0 Å². The standard InChI is InChI=1S/C12H21NO2.C2H6O.C2H6/c1-11(2,3)15-10(14)13-8-6-12(4-5-12)7-9-13;1-2-3;1-2/h4-9H2,1-3H3;3H,2H2,1H3;1-2H3. The van der Waals surface area contributed by atoms with Crippen molar-refractivity contribution in [3.05, 3.63) is 0 Å². The molecule has 0 unspecified atom stereocenters. The van der Waals surface area contributed by atoms with Crippen molar-refractivity contribution >= 4 is 6.09 Å². The summed E-state index contributed by atoms with van der Waals surface area (Å²) in [7, 11) is 0. The summed E-state index contributed by atoms with van der Waals surface area (Å²) in [5, 5.41) is 7.57. The van der Waals surface area contributed by atoms with E-state index in [1.165, 1.54) is 25.7 Å². The highest BCUT2D eigenvalue weighted by Crippen LogP contribution is 2.53. The first-order chi connectivity index (χ1) is 9.32. The number of likely N-dealkylation sites (tertiary alicyclic amines) is 1. The van der Waals surface area contributed by atoms with Gasteiger partial charge in [0.15, 0.2) is 0 Å². The summed E-state index contributed by atoms with van der Waals surface area (Å²) in [6.45, 7) is 13.4. The van der Waals surface area contributed by atoms with Crippen molar-refractivity contribution in [3.63, 3.8) is 0 Å². The largest absolute Gasteiger partial charge is 0.444 e. The number of ether oxygens (including phenoxy) is 1. The Balaban J connectivity index is 0.000000641. The van der Waals surface area contributed by atoms with Crippen molar-refractivity contribution in [1.29, 1.82) is 0 Å². The number of rotatable bonds is 0. The second-order valence-corrected chi connectivity index (χ2v) is 6.28. The molecule has 2 rings (SSSR count). The maximum Gasteiger partial charge on any atom is 0.410 e. The average Bonchev–Trinajstić information content (AvgIpc) is 3.11. The highest BCUT2D eigenvalue weighted by atomic mass is 16.6. The quantitative estimate of drug-likeness (QED) is 0.737. The third kappa shape index (κ3) is 7.13. The van der Waals surface area contributed by atoms with Crippen molar-refractivity contribution in [1.82, 2.24) is 4.90 Å². The van der Waals surface area contributed by atoms with E-state index in [0.29, 0.717) is 5.41 Å². The molecular formula is C16H33NO3. The maximum absolute atomic E-state index is 11.7. The van der Waals surface area contributed by atoms with Crippen LogP contribution in [0.3, 0.4) is 0 Å². The zero-order chi connectivity index (χ0) is 15.8. The second-order valence-electron chi connectivity index (χ2n) is 6.28. The van der Waals surface area contributed by atoms with Gasteiger partial charge in [-0.1, -0.05) is 13.8 Å². The van der Waals surface area contributed by atoms with E-state index < -0.39 is 0 Å². The number of hydrogen-bond acceptors (Lipinski definition) is 3. The summed E-state index contributed by atoms with van der Waals surface area (Å²) >= 11 is 0. The molecule has 20 heavy (non-hydrogen) atoms. The zero-order valence-corrected chi connectivity index (χ0v) is 14.2. The molecule has 120 valence electrons. The van der Waals surface area contributed by atoms with Crippen LogP contribution >= 0.6 is 0 Å². The van der Waals surface area contributed by atoms with Crippen LogP contribution in [0, 0.1) is 5.41 Å². The monoisotopic (exact) mass is 287 g/mol. The van der Waals surface area contributed by atoms with E-state index in [0.717, 1.165) is 13.1 Å². The molecule has 2 fully saturated rings. The fourth-order valence-corrected chi connectivity index (χ4v) is 2.17. The van der Waals surface area contributed by atoms with Gasteiger partial charge >= 0.3 is 6.09 Å². The Labute approximate surface area is 124 Å². The minimum Gasteiger partial charge on any atom is -0.444 e. The molecule has 4 heteroatoms. The van der Waals surface area contributed by atoms with Crippen molar-refractivity contribution in [2.24, 2.45) is 5.41 Å². The van der Waals surface area contributed by atoms with Crippen molar-refractivity contribution in [2.45, 2.75) is 72.8 Å². The van der Waals surface area contributed by atoms with Crippen LogP contribution in [0.4, 0.5) is 4.79 Å². The Morgan fingerprint density at radius 1 is 1.15 bits per heavy atom. The minimum atomic E-state index is -0.369. The van der Waals surface area contributed by atoms with Crippen LogP contribution in [-0.2, 0) is 4.74 Å². The Morgan fingerprint density at radius 3 is 1.85 bits per heavy atom. The van der Waals surface area contributed by atoms with E-state index in [1.807, 2.05) is 39.5 Å². The Morgan fingerprint density at radius 2 is 1.55 bits per heavy atom. The number of carbonyl (C=O) groups excluding carboxylic acids is 1. The van der Waals surface area contributed by atoms with Crippen LogP contribution in [0.2, 0.25) is 0 Å². The van der Waals surface area contributed by atoms with Gasteiger partial charge in [-0.15, -0.1) is 0 Å². The topological polar surface area (TPSA) is 49.8 Å². The lowest BCUT2D eigenvalue weighted by Crippen LogP contribution is -2.42. The number of nitrogens with zero attached hydrogens (tertiary/aromatic N) is 1. The average molecular weight is 287 g/mol. The second kappa shape index (κ2) is 8.50. The van der Waals surface area contributed by atoms with E-state index in [4.69, 9.17) is 9.84 Å². The fourth-order valence-electron chi connectivity index (χ4n) is 2.17. The van der Waals surface area contributed by atoms with Gasteiger partial charge in [0, 0.05) is 19.7 Å². The van der Waals surface area contributed by atoms with Gasteiger partial charge in [0.1, 0.15) is 5.60 Å². The van der Waals surface area contributed by atoms with Gasteiger partial charge in [-0.25, -0.2) is 4.79 Å². The number of piperidine rings is 1. The lowest BCUT2D eigenvalue weighted by Gasteiger charge is -2.33. The first-order valence-electron chi connectivity index (χ1n) is 7.91. The SMILES string of the molecule is CC.CC(C)(C)OC(=O)N1CCC2(CC1)CC2.CCO. The summed E-state index contributed by atoms with van der Waals surface area (Å²) in [6, 6.07) is 0. The Kier molecular flexibility index (Phi) is 8.17. The highest BCUT2D eigenvalue weighted by Gasteiger charge is 2.45. The highest BCUT2D eigenvalue weighted by molar-refractivity contribution is 5.68. The van der Waals surface area contributed by atoms with Gasteiger partial charge in [0.05, 0.1) is 0 Å².